The van der Waals surface area contributed by atoms with E-state index in [1.807, 2.05) is 0 Å². The molecule has 0 unspecified atom stereocenters. The molecule has 0 aromatic carbocycles. The Kier molecular flexibility index (Phi) is 5.08. The van der Waals surface area contributed by atoms with Crippen LogP contribution in [0.15, 0.2) is 0 Å². The first kappa shape index (κ1) is 14.3. The van der Waals surface area contributed by atoms with Gasteiger partial charge >= 0.3 is 0 Å². The maximum atomic E-state index is 3.78. The van der Waals surface area contributed by atoms with Gasteiger partial charge in [0.2, 0.25) is 0 Å². The number of rotatable bonds is 3. The van der Waals surface area contributed by atoms with Crippen LogP contribution in [0.2, 0.25) is 0 Å². The number of nitrogens with one attached hydrogen (secondary N) is 1. The van der Waals surface area contributed by atoms with Crippen LogP contribution in [0.3, 0.4) is 0 Å². The summed E-state index contributed by atoms with van der Waals surface area (Å²) >= 11 is 0. The fraction of sp³-hybridized carbons (Fsp3) is 1.00. The summed E-state index contributed by atoms with van der Waals surface area (Å²) in [6, 6.07) is 0.711. The van der Waals surface area contributed by atoms with E-state index < -0.39 is 0 Å². The van der Waals surface area contributed by atoms with Crippen LogP contribution in [0.5, 0.6) is 0 Å². The Hall–Kier alpha value is -0.0800. The molecule has 18 heavy (non-hydrogen) atoms. The van der Waals surface area contributed by atoms with Gasteiger partial charge in [-0.15, -0.1) is 0 Å². The Labute approximate surface area is 114 Å². The number of piperidine rings is 1. The zero-order valence-electron chi connectivity index (χ0n) is 12.7. The Bertz CT molecular complexity index is 238. The van der Waals surface area contributed by atoms with Gasteiger partial charge in [-0.3, -0.25) is 0 Å². The molecule has 0 spiro atoms. The maximum Gasteiger partial charge on any atom is 0.0200 e. The van der Waals surface area contributed by atoms with Gasteiger partial charge in [-0.05, 0) is 58.9 Å². The molecule has 1 heterocycles. The molecule has 2 fully saturated rings. The van der Waals surface area contributed by atoms with E-state index >= 15 is 0 Å². The lowest BCUT2D eigenvalue weighted by Gasteiger charge is -2.39. The van der Waals surface area contributed by atoms with Gasteiger partial charge in [-0.1, -0.05) is 19.3 Å². The van der Waals surface area contributed by atoms with Crippen LogP contribution < -0.4 is 5.32 Å². The van der Waals surface area contributed by atoms with Gasteiger partial charge in [0.15, 0.2) is 0 Å². The first-order valence-corrected chi connectivity index (χ1v) is 8.03. The van der Waals surface area contributed by atoms with Crippen LogP contribution in [-0.4, -0.2) is 36.1 Å². The minimum atomic E-state index is 0.262. The molecule has 1 aliphatic carbocycles. The highest BCUT2D eigenvalue weighted by atomic mass is 15.2. The Morgan fingerprint density at radius 2 is 1.72 bits per heavy atom. The lowest BCUT2D eigenvalue weighted by molar-refractivity contribution is 0.139. The van der Waals surface area contributed by atoms with E-state index in [0.717, 1.165) is 5.92 Å². The molecule has 2 nitrogen and oxygen atoms in total. The Morgan fingerprint density at radius 3 is 2.39 bits per heavy atom. The second-order valence-electron chi connectivity index (χ2n) is 7.50. The molecule has 1 saturated heterocycles. The van der Waals surface area contributed by atoms with Crippen molar-refractivity contribution in [3.63, 3.8) is 0 Å². The van der Waals surface area contributed by atoms with E-state index in [4.69, 9.17) is 0 Å². The monoisotopic (exact) mass is 252 g/mol. The van der Waals surface area contributed by atoms with Gasteiger partial charge in [0.1, 0.15) is 0 Å². The second-order valence-corrected chi connectivity index (χ2v) is 7.50. The summed E-state index contributed by atoms with van der Waals surface area (Å²) in [6.07, 6.45) is 10.1. The molecule has 0 aromatic heterocycles. The predicted molar refractivity (Wildman–Crippen MR) is 78.9 cm³/mol. The normalized spacial score (nSPS) is 28.5. The second kappa shape index (κ2) is 6.38. The molecule has 1 saturated carbocycles. The molecule has 1 N–H and O–H groups in total. The minimum Gasteiger partial charge on any atom is -0.308 e. The number of nitrogens with zero attached hydrogens (tertiary/aromatic N) is 1. The van der Waals surface area contributed by atoms with Crippen molar-refractivity contribution in [2.24, 2.45) is 5.92 Å². The number of hydrogen-bond acceptors (Lipinski definition) is 2. The summed E-state index contributed by atoms with van der Waals surface area (Å²) < 4.78 is 0. The average molecular weight is 252 g/mol. The molecule has 2 aliphatic rings. The fourth-order valence-corrected chi connectivity index (χ4v) is 3.69. The van der Waals surface area contributed by atoms with E-state index in [-0.39, 0.29) is 5.54 Å². The summed E-state index contributed by atoms with van der Waals surface area (Å²) in [7, 11) is 0. The topological polar surface area (TPSA) is 15.3 Å². The minimum absolute atomic E-state index is 0.262. The quantitative estimate of drug-likeness (QED) is 0.828. The van der Waals surface area contributed by atoms with E-state index in [9.17, 15) is 0 Å². The number of likely N-dealkylation sites (tertiary alicyclic amines) is 1. The van der Waals surface area contributed by atoms with Gasteiger partial charge in [0, 0.05) is 24.7 Å². The van der Waals surface area contributed by atoms with Crippen molar-refractivity contribution in [3.05, 3.63) is 0 Å². The van der Waals surface area contributed by atoms with E-state index in [1.165, 1.54) is 64.6 Å². The molecule has 0 aromatic rings. The van der Waals surface area contributed by atoms with Crippen LogP contribution in [0.25, 0.3) is 0 Å². The molecule has 0 bridgehead atoms. The molecule has 1 aliphatic heterocycles. The molecule has 1 atom stereocenters. The SMILES string of the molecule is CC(C)(C)N[C@@H]1CCCN(CC2CCCCC2)C1. The summed E-state index contributed by atoms with van der Waals surface area (Å²) in [6.45, 7) is 10.8. The molecule has 0 radical (unpaired) electrons. The lowest BCUT2D eigenvalue weighted by Crippen LogP contribution is -2.52. The van der Waals surface area contributed by atoms with Crippen LogP contribution in [0.1, 0.15) is 65.7 Å². The molecule has 0 amide bonds. The van der Waals surface area contributed by atoms with Gasteiger partial charge in [0.05, 0.1) is 0 Å². The standard InChI is InChI=1S/C16H32N2/c1-16(2,3)17-15-10-7-11-18(13-15)12-14-8-5-4-6-9-14/h14-15,17H,4-13H2,1-3H3/t15-/m1/s1. The van der Waals surface area contributed by atoms with Crippen molar-refractivity contribution < 1.29 is 0 Å². The van der Waals surface area contributed by atoms with Crippen LogP contribution >= 0.6 is 0 Å². The Morgan fingerprint density at radius 1 is 1.00 bits per heavy atom. The zero-order chi connectivity index (χ0) is 13.0. The van der Waals surface area contributed by atoms with Crippen molar-refractivity contribution >= 4 is 0 Å². The van der Waals surface area contributed by atoms with Crippen LogP contribution in [0.4, 0.5) is 0 Å². The largest absolute Gasteiger partial charge is 0.308 e. The van der Waals surface area contributed by atoms with Crippen molar-refractivity contribution in [1.29, 1.82) is 0 Å². The lowest BCUT2D eigenvalue weighted by atomic mass is 9.88. The third-order valence-electron chi connectivity index (χ3n) is 4.38. The predicted octanol–water partition coefficient (Wildman–Crippen LogP) is 3.42. The maximum absolute atomic E-state index is 3.78. The van der Waals surface area contributed by atoms with Crippen molar-refractivity contribution in [2.45, 2.75) is 77.3 Å². The summed E-state index contributed by atoms with van der Waals surface area (Å²) in [4.78, 5) is 2.73. The van der Waals surface area contributed by atoms with Crippen molar-refractivity contribution in [1.82, 2.24) is 10.2 Å². The van der Waals surface area contributed by atoms with Gasteiger partial charge in [-0.2, -0.15) is 0 Å². The third kappa shape index (κ3) is 4.89. The van der Waals surface area contributed by atoms with Crippen molar-refractivity contribution in [3.8, 4) is 0 Å². The van der Waals surface area contributed by atoms with Crippen LogP contribution in [-0.2, 0) is 0 Å². The summed E-state index contributed by atoms with van der Waals surface area (Å²) in [5, 5.41) is 3.78. The Balaban J connectivity index is 1.75. The zero-order valence-corrected chi connectivity index (χ0v) is 12.7. The smallest absolute Gasteiger partial charge is 0.0200 e. The summed E-state index contributed by atoms with van der Waals surface area (Å²) in [5.41, 5.74) is 0.262. The van der Waals surface area contributed by atoms with Gasteiger partial charge in [0.25, 0.3) is 0 Å². The highest BCUT2D eigenvalue weighted by molar-refractivity contribution is 4.85. The molecular formula is C16H32N2. The first-order chi connectivity index (χ1) is 8.53. The van der Waals surface area contributed by atoms with Gasteiger partial charge in [-0.25, -0.2) is 0 Å². The molecule has 106 valence electrons. The number of hydrogen-bond donors (Lipinski definition) is 1. The average Bonchev–Trinajstić information content (AvgIpc) is 2.28. The highest BCUT2D eigenvalue weighted by Crippen LogP contribution is 2.25. The van der Waals surface area contributed by atoms with E-state index in [1.54, 1.807) is 0 Å². The summed E-state index contributed by atoms with van der Waals surface area (Å²) in [5.74, 6) is 0.993. The van der Waals surface area contributed by atoms with Gasteiger partial charge < -0.3 is 10.2 Å². The molecule has 2 heteroatoms. The van der Waals surface area contributed by atoms with Crippen molar-refractivity contribution in [2.75, 3.05) is 19.6 Å². The molecular weight excluding hydrogens is 220 g/mol. The van der Waals surface area contributed by atoms with Crippen LogP contribution in [0, 0.1) is 5.92 Å². The first-order valence-electron chi connectivity index (χ1n) is 8.03. The van der Waals surface area contributed by atoms with E-state index in [2.05, 4.69) is 31.0 Å². The highest BCUT2D eigenvalue weighted by Gasteiger charge is 2.25. The third-order valence-corrected chi connectivity index (χ3v) is 4.38. The fourth-order valence-electron chi connectivity index (χ4n) is 3.69. The molecule has 2 rings (SSSR count). The van der Waals surface area contributed by atoms with E-state index in [0.29, 0.717) is 6.04 Å².